The molecule has 0 atom stereocenters. The number of thioether (sulfide) groups is 1. The minimum absolute atomic E-state index is 0.243. The van der Waals surface area contributed by atoms with Crippen molar-refractivity contribution in [1.29, 1.82) is 0 Å². The van der Waals surface area contributed by atoms with E-state index >= 15 is 0 Å². The number of anilines is 1. The van der Waals surface area contributed by atoms with E-state index in [-0.39, 0.29) is 5.91 Å². The molecule has 4 aromatic heterocycles. The Balaban J connectivity index is 1.49. The minimum Gasteiger partial charge on any atom is -0.361 e. The summed E-state index contributed by atoms with van der Waals surface area (Å²) in [7, 11) is 0. The van der Waals surface area contributed by atoms with Crippen LogP contribution in [-0.2, 0) is 12.3 Å². The first-order valence-corrected chi connectivity index (χ1v) is 10.3. The predicted octanol–water partition coefficient (Wildman–Crippen LogP) is 3.87. The van der Waals surface area contributed by atoms with Crippen LogP contribution in [0.1, 0.15) is 33.1 Å². The van der Waals surface area contributed by atoms with Gasteiger partial charge in [0, 0.05) is 29.8 Å². The number of pyridine rings is 2. The van der Waals surface area contributed by atoms with Crippen LogP contribution in [0.4, 0.5) is 5.82 Å². The summed E-state index contributed by atoms with van der Waals surface area (Å²) >= 11 is 1.48. The van der Waals surface area contributed by atoms with Crippen LogP contribution in [0.2, 0.25) is 0 Å². The van der Waals surface area contributed by atoms with E-state index in [0.29, 0.717) is 28.7 Å². The number of nitrogens with one attached hydrogen (secondary N) is 1. The van der Waals surface area contributed by atoms with Crippen molar-refractivity contribution in [3.8, 4) is 0 Å². The summed E-state index contributed by atoms with van der Waals surface area (Å²) in [5, 5.41) is 11.8. The second-order valence-electron chi connectivity index (χ2n) is 6.60. The summed E-state index contributed by atoms with van der Waals surface area (Å²) in [5.41, 5.74) is 3.22. The Morgan fingerprint density at radius 1 is 1.10 bits per heavy atom. The lowest BCUT2D eigenvalue weighted by molar-refractivity contribution is 0.102. The number of amides is 1. The van der Waals surface area contributed by atoms with Crippen molar-refractivity contribution in [3.05, 3.63) is 83.3 Å². The summed E-state index contributed by atoms with van der Waals surface area (Å²) in [6, 6.07) is 11.0. The van der Waals surface area contributed by atoms with Crippen molar-refractivity contribution in [2.45, 2.75) is 31.2 Å². The van der Waals surface area contributed by atoms with Gasteiger partial charge < -0.3 is 9.84 Å². The van der Waals surface area contributed by atoms with E-state index in [9.17, 15) is 4.79 Å². The lowest BCUT2D eigenvalue weighted by Gasteiger charge is -2.11. The third-order valence-corrected chi connectivity index (χ3v) is 5.58. The third-order valence-electron chi connectivity index (χ3n) is 4.55. The first kappa shape index (κ1) is 19.8. The number of aryl methyl sites for hydroxylation is 2. The quantitative estimate of drug-likeness (QED) is 0.453. The highest BCUT2D eigenvalue weighted by Crippen LogP contribution is 2.27. The number of aromatic nitrogens is 5. The van der Waals surface area contributed by atoms with Gasteiger partial charge in [0.1, 0.15) is 16.6 Å². The highest BCUT2D eigenvalue weighted by atomic mass is 32.2. The molecule has 0 radical (unpaired) electrons. The van der Waals surface area contributed by atoms with Gasteiger partial charge in [0.15, 0.2) is 0 Å². The molecule has 0 saturated heterocycles. The molecule has 0 aromatic carbocycles. The Kier molecular flexibility index (Phi) is 5.89. The standard InChI is InChI=1S/C21H20N6O2S/c1-14-18(15(2)29-26-14)13-30-21-17(7-5-10-23-21)20(28)25-19-8-11-24-27(19)12-16-6-3-4-9-22-16/h3-11H,12-13H2,1-2H3,(H,25,28). The van der Waals surface area contributed by atoms with Crippen molar-refractivity contribution in [1.82, 2.24) is 24.9 Å². The average Bonchev–Trinajstić information content (AvgIpc) is 3.33. The van der Waals surface area contributed by atoms with E-state index in [0.717, 1.165) is 22.7 Å². The molecule has 0 aliphatic heterocycles. The van der Waals surface area contributed by atoms with Crippen LogP contribution in [0.3, 0.4) is 0 Å². The summed E-state index contributed by atoms with van der Waals surface area (Å²) in [5.74, 6) is 1.75. The molecule has 0 aliphatic carbocycles. The topological polar surface area (TPSA) is 98.7 Å². The van der Waals surface area contributed by atoms with Crippen LogP contribution in [0, 0.1) is 13.8 Å². The van der Waals surface area contributed by atoms with Gasteiger partial charge in [-0.1, -0.05) is 11.2 Å². The van der Waals surface area contributed by atoms with Crippen molar-refractivity contribution >= 4 is 23.5 Å². The second kappa shape index (κ2) is 8.91. The fourth-order valence-electron chi connectivity index (χ4n) is 2.92. The van der Waals surface area contributed by atoms with Crippen LogP contribution >= 0.6 is 11.8 Å². The molecule has 1 N–H and O–H groups in total. The van der Waals surface area contributed by atoms with Gasteiger partial charge >= 0.3 is 0 Å². The number of nitrogens with zero attached hydrogens (tertiary/aromatic N) is 5. The van der Waals surface area contributed by atoms with E-state index in [1.807, 2.05) is 32.0 Å². The minimum atomic E-state index is -0.243. The Labute approximate surface area is 177 Å². The molecule has 8 nitrogen and oxygen atoms in total. The highest BCUT2D eigenvalue weighted by molar-refractivity contribution is 7.98. The maximum atomic E-state index is 13.0. The van der Waals surface area contributed by atoms with Crippen molar-refractivity contribution in [3.63, 3.8) is 0 Å². The SMILES string of the molecule is Cc1noc(C)c1CSc1ncccc1C(=O)Nc1ccnn1Cc1ccccn1. The first-order valence-electron chi connectivity index (χ1n) is 9.34. The Bertz CT molecular complexity index is 1140. The molecule has 0 fully saturated rings. The van der Waals surface area contributed by atoms with Crippen LogP contribution in [-0.4, -0.2) is 30.8 Å². The fraction of sp³-hybridized carbons (Fsp3) is 0.190. The molecule has 0 bridgehead atoms. The third kappa shape index (κ3) is 4.41. The first-order chi connectivity index (χ1) is 14.6. The van der Waals surface area contributed by atoms with Gasteiger partial charge in [0.2, 0.25) is 0 Å². The van der Waals surface area contributed by atoms with Gasteiger partial charge in [-0.2, -0.15) is 5.10 Å². The summed E-state index contributed by atoms with van der Waals surface area (Å²) in [4.78, 5) is 21.7. The zero-order chi connectivity index (χ0) is 20.9. The molecule has 1 amide bonds. The lowest BCUT2D eigenvalue weighted by Crippen LogP contribution is -2.17. The molecule has 0 saturated carbocycles. The molecule has 4 rings (SSSR count). The largest absolute Gasteiger partial charge is 0.361 e. The second-order valence-corrected chi connectivity index (χ2v) is 7.56. The van der Waals surface area contributed by atoms with E-state index in [4.69, 9.17) is 4.52 Å². The average molecular weight is 420 g/mol. The van der Waals surface area contributed by atoms with Gasteiger partial charge in [-0.25, -0.2) is 9.67 Å². The van der Waals surface area contributed by atoms with Gasteiger partial charge in [0.25, 0.3) is 5.91 Å². The van der Waals surface area contributed by atoms with Crippen LogP contribution < -0.4 is 5.32 Å². The number of rotatable bonds is 7. The van der Waals surface area contributed by atoms with Crippen molar-refractivity contribution in [2.75, 3.05) is 5.32 Å². The van der Waals surface area contributed by atoms with Crippen molar-refractivity contribution in [2.24, 2.45) is 0 Å². The molecular weight excluding hydrogens is 400 g/mol. The number of hydrogen-bond donors (Lipinski definition) is 1. The predicted molar refractivity (Wildman–Crippen MR) is 113 cm³/mol. The lowest BCUT2D eigenvalue weighted by atomic mass is 10.2. The van der Waals surface area contributed by atoms with E-state index < -0.39 is 0 Å². The normalized spacial score (nSPS) is 10.9. The summed E-state index contributed by atoms with van der Waals surface area (Å²) < 4.78 is 6.92. The van der Waals surface area contributed by atoms with Crippen molar-refractivity contribution < 1.29 is 9.32 Å². The molecule has 4 aromatic rings. The van der Waals surface area contributed by atoms with Gasteiger partial charge in [-0.3, -0.25) is 9.78 Å². The molecule has 30 heavy (non-hydrogen) atoms. The smallest absolute Gasteiger partial charge is 0.259 e. The Morgan fingerprint density at radius 3 is 2.73 bits per heavy atom. The molecule has 0 unspecified atom stereocenters. The molecule has 152 valence electrons. The molecule has 4 heterocycles. The zero-order valence-electron chi connectivity index (χ0n) is 16.6. The molecule has 9 heteroatoms. The maximum absolute atomic E-state index is 13.0. The van der Waals surface area contributed by atoms with Gasteiger partial charge in [-0.15, -0.1) is 11.8 Å². The molecule has 0 spiro atoms. The monoisotopic (exact) mass is 420 g/mol. The zero-order valence-corrected chi connectivity index (χ0v) is 17.4. The van der Waals surface area contributed by atoms with E-state index in [1.165, 1.54) is 11.8 Å². The fourth-order valence-corrected chi connectivity index (χ4v) is 4.07. The van der Waals surface area contributed by atoms with E-state index in [2.05, 4.69) is 25.5 Å². The summed E-state index contributed by atoms with van der Waals surface area (Å²) in [6.45, 7) is 4.25. The number of carbonyl (C=O) groups is 1. The number of hydrogen-bond acceptors (Lipinski definition) is 7. The number of carbonyl (C=O) groups excluding carboxylic acids is 1. The van der Waals surface area contributed by atoms with E-state index in [1.54, 1.807) is 41.5 Å². The Hall–Kier alpha value is -3.46. The summed E-state index contributed by atoms with van der Waals surface area (Å²) in [6.07, 6.45) is 5.06. The molecule has 0 aliphatic rings. The van der Waals surface area contributed by atoms with Gasteiger partial charge in [0.05, 0.1) is 29.7 Å². The highest BCUT2D eigenvalue weighted by Gasteiger charge is 2.17. The van der Waals surface area contributed by atoms with Crippen LogP contribution in [0.25, 0.3) is 0 Å². The molecular formula is C21H20N6O2S. The van der Waals surface area contributed by atoms with Crippen LogP contribution in [0.15, 0.2) is 64.5 Å². The van der Waals surface area contributed by atoms with Gasteiger partial charge in [-0.05, 0) is 38.1 Å². The Morgan fingerprint density at radius 2 is 1.97 bits per heavy atom. The maximum Gasteiger partial charge on any atom is 0.259 e. The van der Waals surface area contributed by atoms with Crippen LogP contribution in [0.5, 0.6) is 0 Å².